The number of aromatic nitrogens is 1. The Kier molecular flexibility index (Phi) is 4.03. The second-order valence-corrected chi connectivity index (χ2v) is 6.36. The highest BCUT2D eigenvalue weighted by molar-refractivity contribution is 7.09. The smallest absolute Gasteiger partial charge is 0.224 e. The molecule has 5 heteroatoms. The topological polar surface area (TPSA) is 42.0 Å². The summed E-state index contributed by atoms with van der Waals surface area (Å²) >= 11 is 7.51. The molecule has 1 aliphatic rings. The van der Waals surface area contributed by atoms with Crippen LogP contribution >= 0.6 is 22.9 Å². The standard InChI is InChI=1S/C15H15ClN2OS/c16-12-5-1-10(2-6-12)7-14(19)17-8-13-9-20-15(18-13)11-3-4-11/h1-2,5-6,9,11H,3-4,7-8H2,(H,17,19). The van der Waals surface area contributed by atoms with Gasteiger partial charge in [-0.05, 0) is 30.5 Å². The fourth-order valence-corrected chi connectivity index (χ4v) is 3.08. The van der Waals surface area contributed by atoms with E-state index in [1.807, 2.05) is 17.5 Å². The SMILES string of the molecule is O=C(Cc1ccc(Cl)cc1)NCc1csc(C2CC2)n1. The van der Waals surface area contributed by atoms with Crippen LogP contribution in [0.3, 0.4) is 0 Å². The maximum absolute atomic E-state index is 11.9. The molecule has 2 aromatic rings. The van der Waals surface area contributed by atoms with Gasteiger partial charge in [0, 0.05) is 16.3 Å². The largest absolute Gasteiger partial charge is 0.350 e. The molecular weight excluding hydrogens is 292 g/mol. The van der Waals surface area contributed by atoms with Gasteiger partial charge in [0.1, 0.15) is 0 Å². The Labute approximate surface area is 127 Å². The molecule has 1 aliphatic carbocycles. The average molecular weight is 307 g/mol. The van der Waals surface area contributed by atoms with Crippen LogP contribution in [0.1, 0.15) is 35.0 Å². The average Bonchev–Trinajstić information content (AvgIpc) is 3.18. The van der Waals surface area contributed by atoms with Gasteiger partial charge in [0.2, 0.25) is 5.91 Å². The molecule has 3 nitrogen and oxygen atoms in total. The Balaban J connectivity index is 1.49. The van der Waals surface area contributed by atoms with Crippen LogP contribution in [0, 0.1) is 0 Å². The minimum absolute atomic E-state index is 0.00768. The number of nitrogens with one attached hydrogen (secondary N) is 1. The van der Waals surface area contributed by atoms with Crippen LogP contribution in [0.25, 0.3) is 0 Å². The quantitative estimate of drug-likeness (QED) is 0.918. The summed E-state index contributed by atoms with van der Waals surface area (Å²) in [4.78, 5) is 16.4. The van der Waals surface area contributed by atoms with Crippen molar-refractivity contribution in [2.45, 2.75) is 31.7 Å². The van der Waals surface area contributed by atoms with E-state index >= 15 is 0 Å². The van der Waals surface area contributed by atoms with E-state index in [1.165, 1.54) is 17.8 Å². The first kappa shape index (κ1) is 13.6. The highest BCUT2D eigenvalue weighted by Gasteiger charge is 2.26. The number of halogens is 1. The highest BCUT2D eigenvalue weighted by Crippen LogP contribution is 2.41. The van der Waals surface area contributed by atoms with E-state index in [-0.39, 0.29) is 5.91 Å². The predicted octanol–water partition coefficient (Wildman–Crippen LogP) is 3.53. The van der Waals surface area contributed by atoms with Crippen molar-refractivity contribution in [1.29, 1.82) is 0 Å². The van der Waals surface area contributed by atoms with E-state index in [4.69, 9.17) is 11.6 Å². The van der Waals surface area contributed by atoms with Gasteiger partial charge in [-0.15, -0.1) is 11.3 Å². The van der Waals surface area contributed by atoms with Crippen LogP contribution < -0.4 is 5.32 Å². The summed E-state index contributed by atoms with van der Waals surface area (Å²) in [6.45, 7) is 0.510. The Hall–Kier alpha value is -1.39. The fourth-order valence-electron chi connectivity index (χ4n) is 1.96. The molecule has 3 rings (SSSR count). The summed E-state index contributed by atoms with van der Waals surface area (Å²) in [5.74, 6) is 0.687. The number of benzene rings is 1. The number of hydrogen-bond donors (Lipinski definition) is 1. The fraction of sp³-hybridized carbons (Fsp3) is 0.333. The van der Waals surface area contributed by atoms with E-state index in [9.17, 15) is 4.79 Å². The number of rotatable bonds is 5. The number of thiazole rings is 1. The van der Waals surface area contributed by atoms with Crippen LogP contribution in [-0.2, 0) is 17.8 Å². The minimum Gasteiger partial charge on any atom is -0.350 e. The van der Waals surface area contributed by atoms with Crippen LogP contribution in [0.5, 0.6) is 0 Å². The minimum atomic E-state index is 0.00768. The van der Waals surface area contributed by atoms with Crippen molar-refractivity contribution in [2.75, 3.05) is 0 Å². The summed E-state index contributed by atoms with van der Waals surface area (Å²) in [5.41, 5.74) is 1.92. The molecular formula is C15H15ClN2OS. The number of carbonyl (C=O) groups excluding carboxylic acids is 1. The molecule has 1 aromatic heterocycles. The summed E-state index contributed by atoms with van der Waals surface area (Å²) < 4.78 is 0. The summed E-state index contributed by atoms with van der Waals surface area (Å²) in [6, 6.07) is 7.34. The molecule has 0 aliphatic heterocycles. The molecule has 1 amide bonds. The van der Waals surface area contributed by atoms with E-state index in [1.54, 1.807) is 23.5 Å². The normalized spacial score (nSPS) is 14.2. The zero-order chi connectivity index (χ0) is 13.9. The molecule has 104 valence electrons. The van der Waals surface area contributed by atoms with E-state index in [0.717, 1.165) is 11.3 Å². The van der Waals surface area contributed by atoms with Gasteiger partial charge in [0.15, 0.2) is 0 Å². The predicted molar refractivity (Wildman–Crippen MR) is 81.1 cm³/mol. The molecule has 0 radical (unpaired) electrons. The van der Waals surface area contributed by atoms with Gasteiger partial charge in [-0.3, -0.25) is 4.79 Å². The maximum Gasteiger partial charge on any atom is 0.224 e. The number of nitrogens with zero attached hydrogens (tertiary/aromatic N) is 1. The monoisotopic (exact) mass is 306 g/mol. The molecule has 20 heavy (non-hydrogen) atoms. The molecule has 0 bridgehead atoms. The van der Waals surface area contributed by atoms with Crippen LogP contribution in [-0.4, -0.2) is 10.9 Å². The lowest BCUT2D eigenvalue weighted by molar-refractivity contribution is -0.120. The van der Waals surface area contributed by atoms with E-state index in [2.05, 4.69) is 10.3 Å². The van der Waals surface area contributed by atoms with Crippen LogP contribution in [0.4, 0.5) is 0 Å². The second-order valence-electron chi connectivity index (χ2n) is 5.03. The van der Waals surface area contributed by atoms with Gasteiger partial charge in [0.25, 0.3) is 0 Å². The van der Waals surface area contributed by atoms with E-state index < -0.39 is 0 Å². The zero-order valence-corrected chi connectivity index (χ0v) is 12.5. The molecule has 1 aromatic carbocycles. The molecule has 1 heterocycles. The molecule has 1 saturated carbocycles. The van der Waals surface area contributed by atoms with Gasteiger partial charge in [-0.2, -0.15) is 0 Å². The summed E-state index contributed by atoms with van der Waals surface area (Å²) in [6.07, 6.45) is 2.89. The number of hydrogen-bond acceptors (Lipinski definition) is 3. The van der Waals surface area contributed by atoms with Crippen molar-refractivity contribution in [3.8, 4) is 0 Å². The highest BCUT2D eigenvalue weighted by atomic mass is 35.5. The van der Waals surface area contributed by atoms with Gasteiger partial charge < -0.3 is 5.32 Å². The van der Waals surface area contributed by atoms with Gasteiger partial charge in [0.05, 0.1) is 23.7 Å². The third-order valence-electron chi connectivity index (χ3n) is 3.24. The maximum atomic E-state index is 11.9. The Morgan fingerprint density at radius 2 is 2.10 bits per heavy atom. The van der Waals surface area contributed by atoms with Crippen molar-refractivity contribution < 1.29 is 4.79 Å². The first-order chi connectivity index (χ1) is 9.70. The van der Waals surface area contributed by atoms with Gasteiger partial charge >= 0.3 is 0 Å². The van der Waals surface area contributed by atoms with Crippen molar-refractivity contribution in [1.82, 2.24) is 10.3 Å². The van der Waals surface area contributed by atoms with Crippen molar-refractivity contribution in [3.05, 3.63) is 50.9 Å². The summed E-state index contributed by atoms with van der Waals surface area (Å²) in [7, 11) is 0. The molecule has 0 unspecified atom stereocenters. The summed E-state index contributed by atoms with van der Waals surface area (Å²) in [5, 5.41) is 6.84. The van der Waals surface area contributed by atoms with Crippen LogP contribution in [0.2, 0.25) is 5.02 Å². The zero-order valence-electron chi connectivity index (χ0n) is 10.9. The Morgan fingerprint density at radius 1 is 1.35 bits per heavy atom. The number of amides is 1. The lowest BCUT2D eigenvalue weighted by atomic mass is 10.1. The van der Waals surface area contributed by atoms with Crippen molar-refractivity contribution >= 4 is 28.8 Å². The van der Waals surface area contributed by atoms with E-state index in [0.29, 0.717) is 23.9 Å². The number of carbonyl (C=O) groups is 1. The van der Waals surface area contributed by atoms with Crippen molar-refractivity contribution in [3.63, 3.8) is 0 Å². The third kappa shape index (κ3) is 3.58. The first-order valence-corrected chi connectivity index (χ1v) is 7.92. The van der Waals surface area contributed by atoms with Crippen LogP contribution in [0.15, 0.2) is 29.6 Å². The third-order valence-corrected chi connectivity index (χ3v) is 4.55. The molecule has 0 atom stereocenters. The van der Waals surface area contributed by atoms with Crippen molar-refractivity contribution in [2.24, 2.45) is 0 Å². The second kappa shape index (κ2) is 5.94. The lowest BCUT2D eigenvalue weighted by Crippen LogP contribution is -2.24. The lowest BCUT2D eigenvalue weighted by Gasteiger charge is -2.03. The molecule has 1 N–H and O–H groups in total. The molecule has 1 fully saturated rings. The Morgan fingerprint density at radius 3 is 2.80 bits per heavy atom. The Bertz CT molecular complexity index is 605. The molecule has 0 spiro atoms. The van der Waals surface area contributed by atoms with Gasteiger partial charge in [-0.25, -0.2) is 4.98 Å². The first-order valence-electron chi connectivity index (χ1n) is 6.66. The molecule has 0 saturated heterocycles. The van der Waals surface area contributed by atoms with Gasteiger partial charge in [-0.1, -0.05) is 23.7 Å².